The average molecular weight is 364 g/mol. The highest BCUT2D eigenvalue weighted by atomic mass is 32.2. The van der Waals surface area contributed by atoms with Gasteiger partial charge in [0.05, 0.1) is 0 Å². The Kier molecular flexibility index (Phi) is 7.31. The van der Waals surface area contributed by atoms with Crippen LogP contribution in [-0.4, -0.2) is 35.3 Å². The van der Waals surface area contributed by atoms with Gasteiger partial charge in [0.15, 0.2) is 6.10 Å². The van der Waals surface area contributed by atoms with E-state index < -0.39 is 29.3 Å². The van der Waals surface area contributed by atoms with Gasteiger partial charge < -0.3 is 10.1 Å². The highest BCUT2D eigenvalue weighted by Gasteiger charge is 2.25. The molecule has 0 spiro atoms. The lowest BCUT2D eigenvalue weighted by Gasteiger charge is -2.17. The first-order valence-corrected chi connectivity index (χ1v) is 9.37. The summed E-state index contributed by atoms with van der Waals surface area (Å²) >= 11 is 1.36. The number of thioether (sulfide) groups is 1. The van der Waals surface area contributed by atoms with E-state index in [1.807, 2.05) is 30.3 Å². The van der Waals surface area contributed by atoms with Crippen molar-refractivity contribution in [2.75, 3.05) is 0 Å². The Labute approximate surface area is 152 Å². The molecule has 0 bridgehead atoms. The van der Waals surface area contributed by atoms with Crippen molar-refractivity contribution in [3.05, 3.63) is 30.3 Å². The lowest BCUT2D eigenvalue weighted by molar-refractivity contribution is -0.153. The number of esters is 1. The van der Waals surface area contributed by atoms with Crippen molar-refractivity contribution >= 4 is 29.7 Å². The summed E-state index contributed by atoms with van der Waals surface area (Å²) in [4.78, 5) is 36.8. The Bertz CT molecular complexity index is 602. The van der Waals surface area contributed by atoms with E-state index >= 15 is 0 Å². The number of nitrogens with one attached hydrogen (secondary N) is 2. The molecule has 1 fully saturated rings. The number of urea groups is 1. The van der Waals surface area contributed by atoms with Crippen LogP contribution >= 0.6 is 11.8 Å². The SMILES string of the molecule is C[C@H](Sc1ccccc1)C(=O)O[C@H](C)C(=O)NC(=O)NC1CCCC1. The number of rotatable bonds is 6. The zero-order valence-corrected chi connectivity index (χ0v) is 15.3. The molecule has 0 radical (unpaired) electrons. The van der Waals surface area contributed by atoms with Crippen LogP contribution in [0.25, 0.3) is 0 Å². The summed E-state index contributed by atoms with van der Waals surface area (Å²) in [6, 6.07) is 9.06. The lowest BCUT2D eigenvalue weighted by Crippen LogP contribution is -2.47. The summed E-state index contributed by atoms with van der Waals surface area (Å²) in [6.07, 6.45) is 3.01. The molecule has 2 rings (SSSR count). The lowest BCUT2D eigenvalue weighted by atomic mass is 10.2. The Morgan fingerprint density at radius 2 is 1.76 bits per heavy atom. The van der Waals surface area contributed by atoms with Crippen molar-refractivity contribution in [2.24, 2.45) is 0 Å². The molecule has 0 unspecified atom stereocenters. The van der Waals surface area contributed by atoms with E-state index in [0.717, 1.165) is 30.6 Å². The second-order valence-electron chi connectivity index (χ2n) is 6.10. The van der Waals surface area contributed by atoms with Gasteiger partial charge in [0.1, 0.15) is 5.25 Å². The molecule has 2 atom stereocenters. The summed E-state index contributed by atoms with van der Waals surface area (Å²) < 4.78 is 5.17. The van der Waals surface area contributed by atoms with Crippen LogP contribution in [0.1, 0.15) is 39.5 Å². The predicted molar refractivity (Wildman–Crippen MR) is 96.2 cm³/mol. The number of carbonyl (C=O) groups is 3. The molecular weight excluding hydrogens is 340 g/mol. The zero-order valence-electron chi connectivity index (χ0n) is 14.5. The van der Waals surface area contributed by atoms with Gasteiger partial charge in [0.25, 0.3) is 5.91 Å². The van der Waals surface area contributed by atoms with Crippen LogP contribution in [0.4, 0.5) is 4.79 Å². The van der Waals surface area contributed by atoms with E-state index in [-0.39, 0.29) is 6.04 Å². The topological polar surface area (TPSA) is 84.5 Å². The molecule has 1 aliphatic rings. The van der Waals surface area contributed by atoms with E-state index in [2.05, 4.69) is 10.6 Å². The van der Waals surface area contributed by atoms with Crippen molar-refractivity contribution < 1.29 is 19.1 Å². The molecule has 25 heavy (non-hydrogen) atoms. The maximum atomic E-state index is 12.1. The first-order valence-electron chi connectivity index (χ1n) is 8.49. The summed E-state index contributed by atoms with van der Waals surface area (Å²) in [6.45, 7) is 3.17. The molecule has 136 valence electrons. The Hall–Kier alpha value is -2.02. The molecule has 6 nitrogen and oxygen atoms in total. The summed E-state index contributed by atoms with van der Waals surface area (Å²) in [5.41, 5.74) is 0. The fourth-order valence-electron chi connectivity index (χ4n) is 2.58. The van der Waals surface area contributed by atoms with Crippen LogP contribution in [0.2, 0.25) is 0 Å². The molecule has 0 saturated heterocycles. The first kappa shape index (κ1) is 19.3. The number of carbonyl (C=O) groups excluding carboxylic acids is 3. The van der Waals surface area contributed by atoms with Gasteiger partial charge in [-0.25, -0.2) is 4.79 Å². The fourth-order valence-corrected chi connectivity index (χ4v) is 3.45. The van der Waals surface area contributed by atoms with Gasteiger partial charge in [-0.15, -0.1) is 11.8 Å². The van der Waals surface area contributed by atoms with Crippen molar-refractivity contribution in [1.29, 1.82) is 0 Å². The van der Waals surface area contributed by atoms with Gasteiger partial charge in [0.2, 0.25) is 0 Å². The highest BCUT2D eigenvalue weighted by molar-refractivity contribution is 8.00. The second-order valence-corrected chi connectivity index (χ2v) is 7.51. The quantitative estimate of drug-likeness (QED) is 0.599. The molecule has 3 amide bonds. The third-order valence-corrected chi connectivity index (χ3v) is 5.07. The zero-order chi connectivity index (χ0) is 18.2. The van der Waals surface area contributed by atoms with E-state index in [4.69, 9.17) is 4.74 Å². The number of imide groups is 1. The van der Waals surface area contributed by atoms with Crippen molar-refractivity contribution in [1.82, 2.24) is 10.6 Å². The normalized spacial score (nSPS) is 16.7. The van der Waals surface area contributed by atoms with Crippen LogP contribution in [-0.2, 0) is 14.3 Å². The Balaban J connectivity index is 1.75. The van der Waals surface area contributed by atoms with Gasteiger partial charge in [-0.2, -0.15) is 0 Å². The first-order chi connectivity index (χ1) is 12.0. The maximum absolute atomic E-state index is 12.1. The number of benzene rings is 1. The van der Waals surface area contributed by atoms with Crippen molar-refractivity contribution in [3.63, 3.8) is 0 Å². The van der Waals surface area contributed by atoms with Crippen LogP contribution in [0.3, 0.4) is 0 Å². The van der Waals surface area contributed by atoms with Crippen molar-refractivity contribution in [2.45, 2.75) is 61.8 Å². The molecule has 1 saturated carbocycles. The molecule has 1 aromatic carbocycles. The minimum atomic E-state index is -1.03. The van der Waals surface area contributed by atoms with E-state index in [1.54, 1.807) is 6.92 Å². The van der Waals surface area contributed by atoms with Crippen LogP contribution < -0.4 is 10.6 Å². The number of hydrogen-bond acceptors (Lipinski definition) is 5. The standard InChI is InChI=1S/C18H24N2O4S/c1-12(16(21)20-18(23)19-14-8-6-7-9-14)24-17(22)13(2)25-15-10-4-3-5-11-15/h3-5,10-14H,6-9H2,1-2H3,(H2,19,20,21,23)/t12-,13+/m1/s1. The third kappa shape index (κ3) is 6.42. The van der Waals surface area contributed by atoms with E-state index in [1.165, 1.54) is 18.7 Å². The summed E-state index contributed by atoms with van der Waals surface area (Å²) in [5.74, 6) is -1.12. The van der Waals surface area contributed by atoms with Gasteiger partial charge in [0, 0.05) is 10.9 Å². The number of hydrogen-bond donors (Lipinski definition) is 2. The maximum Gasteiger partial charge on any atom is 0.321 e. The van der Waals surface area contributed by atoms with E-state index in [0.29, 0.717) is 0 Å². The summed E-state index contributed by atoms with van der Waals surface area (Å²) in [7, 11) is 0. The van der Waals surface area contributed by atoms with Gasteiger partial charge in [-0.3, -0.25) is 14.9 Å². The molecule has 0 heterocycles. The molecule has 0 aliphatic heterocycles. The average Bonchev–Trinajstić information content (AvgIpc) is 3.08. The Morgan fingerprint density at radius 3 is 2.40 bits per heavy atom. The minimum absolute atomic E-state index is 0.118. The molecule has 1 aliphatic carbocycles. The fraction of sp³-hybridized carbons (Fsp3) is 0.500. The van der Waals surface area contributed by atoms with Crippen LogP contribution in [0, 0.1) is 0 Å². The molecule has 1 aromatic rings. The highest BCUT2D eigenvalue weighted by Crippen LogP contribution is 2.23. The number of ether oxygens (including phenoxy) is 1. The number of amides is 3. The third-order valence-electron chi connectivity index (χ3n) is 3.98. The molecule has 7 heteroatoms. The predicted octanol–water partition coefficient (Wildman–Crippen LogP) is 2.87. The van der Waals surface area contributed by atoms with Gasteiger partial charge >= 0.3 is 12.0 Å². The van der Waals surface area contributed by atoms with E-state index in [9.17, 15) is 14.4 Å². The summed E-state index contributed by atoms with van der Waals surface area (Å²) in [5, 5.41) is 4.53. The monoisotopic (exact) mass is 364 g/mol. The Morgan fingerprint density at radius 1 is 1.12 bits per heavy atom. The largest absolute Gasteiger partial charge is 0.452 e. The minimum Gasteiger partial charge on any atom is -0.452 e. The molecular formula is C18H24N2O4S. The van der Waals surface area contributed by atoms with Gasteiger partial charge in [-0.1, -0.05) is 31.0 Å². The van der Waals surface area contributed by atoms with Gasteiger partial charge in [-0.05, 0) is 38.8 Å². The van der Waals surface area contributed by atoms with Crippen molar-refractivity contribution in [3.8, 4) is 0 Å². The van der Waals surface area contributed by atoms with Crippen LogP contribution in [0.15, 0.2) is 35.2 Å². The molecule has 0 aromatic heterocycles. The molecule has 2 N–H and O–H groups in total. The van der Waals surface area contributed by atoms with Crippen LogP contribution in [0.5, 0.6) is 0 Å². The smallest absolute Gasteiger partial charge is 0.321 e. The second kappa shape index (κ2) is 9.46.